The molecule has 0 spiro atoms. The fourth-order valence-corrected chi connectivity index (χ4v) is 1.25. The van der Waals surface area contributed by atoms with Crippen molar-refractivity contribution in [3.8, 4) is 6.07 Å². The Bertz CT molecular complexity index is 239. The summed E-state index contributed by atoms with van der Waals surface area (Å²) in [6, 6.07) is 2.13. The van der Waals surface area contributed by atoms with E-state index in [1.54, 1.807) is 6.92 Å². The van der Waals surface area contributed by atoms with E-state index in [9.17, 15) is 4.79 Å². The van der Waals surface area contributed by atoms with E-state index < -0.39 is 5.54 Å². The van der Waals surface area contributed by atoms with E-state index in [1.807, 2.05) is 13.8 Å². The van der Waals surface area contributed by atoms with Crippen LogP contribution in [0.3, 0.4) is 0 Å². The summed E-state index contributed by atoms with van der Waals surface area (Å²) in [6.45, 7) is 5.61. The molecular weight excluding hydrogens is 140 g/mol. The van der Waals surface area contributed by atoms with Crippen LogP contribution in [0.4, 0.5) is 0 Å². The van der Waals surface area contributed by atoms with Gasteiger partial charge in [-0.1, -0.05) is 13.8 Å². The van der Waals surface area contributed by atoms with Gasteiger partial charge in [0.15, 0.2) is 0 Å². The first kappa shape index (κ1) is 8.06. The number of hydrogen-bond acceptors (Lipinski definition) is 2. The molecule has 1 rings (SSSR count). The Labute approximate surface area is 66.4 Å². The largest absolute Gasteiger partial charge is 0.338 e. The molecule has 3 heteroatoms. The van der Waals surface area contributed by atoms with Crippen molar-refractivity contribution in [1.82, 2.24) is 5.32 Å². The van der Waals surface area contributed by atoms with Gasteiger partial charge in [0.2, 0.25) is 5.91 Å². The summed E-state index contributed by atoms with van der Waals surface area (Å²) in [5, 5.41) is 11.5. The van der Waals surface area contributed by atoms with Gasteiger partial charge in [-0.05, 0) is 6.92 Å². The SMILES string of the molecule is CC1(C)CC(=O)N[C@]1(C)C#N. The first-order chi connectivity index (χ1) is 4.91. The molecule has 0 saturated carbocycles. The molecule has 0 radical (unpaired) electrons. The number of nitrogens with one attached hydrogen (secondary N) is 1. The molecule has 11 heavy (non-hydrogen) atoms. The molecule has 0 aliphatic carbocycles. The minimum Gasteiger partial charge on any atom is -0.338 e. The van der Waals surface area contributed by atoms with E-state index in [-0.39, 0.29) is 11.3 Å². The Morgan fingerprint density at radius 1 is 1.55 bits per heavy atom. The van der Waals surface area contributed by atoms with Crippen molar-refractivity contribution >= 4 is 5.91 Å². The van der Waals surface area contributed by atoms with Gasteiger partial charge in [-0.3, -0.25) is 4.79 Å². The van der Waals surface area contributed by atoms with E-state index in [4.69, 9.17) is 5.26 Å². The van der Waals surface area contributed by atoms with Crippen LogP contribution in [0, 0.1) is 16.7 Å². The van der Waals surface area contributed by atoms with Gasteiger partial charge in [-0.15, -0.1) is 0 Å². The lowest BCUT2D eigenvalue weighted by molar-refractivity contribution is -0.119. The average Bonchev–Trinajstić information content (AvgIpc) is 2.03. The number of carbonyl (C=O) groups excluding carboxylic acids is 1. The summed E-state index contributed by atoms with van der Waals surface area (Å²) in [5.41, 5.74) is -0.942. The van der Waals surface area contributed by atoms with Crippen LogP contribution in [0.25, 0.3) is 0 Å². The van der Waals surface area contributed by atoms with E-state index in [2.05, 4.69) is 11.4 Å². The maximum Gasteiger partial charge on any atom is 0.221 e. The molecule has 0 bridgehead atoms. The summed E-state index contributed by atoms with van der Waals surface area (Å²) in [4.78, 5) is 11.0. The highest BCUT2D eigenvalue weighted by atomic mass is 16.2. The molecule has 1 fully saturated rings. The normalized spacial score (nSPS) is 34.5. The van der Waals surface area contributed by atoms with E-state index in [0.29, 0.717) is 6.42 Å². The second-order valence-corrected chi connectivity index (χ2v) is 3.85. The smallest absolute Gasteiger partial charge is 0.221 e. The van der Waals surface area contributed by atoms with Gasteiger partial charge in [0.25, 0.3) is 0 Å². The number of amides is 1. The van der Waals surface area contributed by atoms with Gasteiger partial charge in [-0.25, -0.2) is 0 Å². The van der Waals surface area contributed by atoms with Gasteiger partial charge in [-0.2, -0.15) is 5.26 Å². The van der Waals surface area contributed by atoms with Crippen LogP contribution in [-0.2, 0) is 4.79 Å². The predicted molar refractivity (Wildman–Crippen MR) is 40.6 cm³/mol. The minimum absolute atomic E-state index is 0.0287. The summed E-state index contributed by atoms with van der Waals surface area (Å²) in [5.74, 6) is -0.0287. The molecule has 1 N–H and O–H groups in total. The Balaban J connectivity index is 3.01. The Morgan fingerprint density at radius 2 is 2.09 bits per heavy atom. The van der Waals surface area contributed by atoms with Crippen molar-refractivity contribution in [3.63, 3.8) is 0 Å². The minimum atomic E-state index is -0.690. The molecule has 0 aromatic heterocycles. The van der Waals surface area contributed by atoms with Crippen LogP contribution in [0.15, 0.2) is 0 Å². The van der Waals surface area contributed by atoms with Crippen LogP contribution >= 0.6 is 0 Å². The average molecular weight is 152 g/mol. The molecule has 1 aliphatic rings. The third-order valence-electron chi connectivity index (χ3n) is 2.57. The lowest BCUT2D eigenvalue weighted by Crippen LogP contribution is -2.45. The second kappa shape index (κ2) is 1.97. The lowest BCUT2D eigenvalue weighted by Gasteiger charge is -2.29. The van der Waals surface area contributed by atoms with Crippen LogP contribution in [0.1, 0.15) is 27.2 Å². The third-order valence-corrected chi connectivity index (χ3v) is 2.57. The first-order valence-electron chi connectivity index (χ1n) is 3.63. The highest BCUT2D eigenvalue weighted by Gasteiger charge is 2.49. The Kier molecular flexibility index (Phi) is 1.45. The molecule has 3 nitrogen and oxygen atoms in total. The highest BCUT2D eigenvalue weighted by Crippen LogP contribution is 2.38. The number of nitrogens with zero attached hydrogens (tertiary/aromatic N) is 1. The summed E-state index contributed by atoms with van der Waals surface area (Å²) in [6.07, 6.45) is 0.442. The molecule has 1 atom stereocenters. The third kappa shape index (κ3) is 0.988. The van der Waals surface area contributed by atoms with Gasteiger partial charge in [0.1, 0.15) is 5.54 Å². The van der Waals surface area contributed by atoms with Gasteiger partial charge in [0, 0.05) is 11.8 Å². The van der Waals surface area contributed by atoms with Crippen LogP contribution in [-0.4, -0.2) is 11.4 Å². The number of carbonyl (C=O) groups is 1. The first-order valence-corrected chi connectivity index (χ1v) is 3.63. The van der Waals surface area contributed by atoms with Crippen LogP contribution in [0.5, 0.6) is 0 Å². The number of hydrogen-bond donors (Lipinski definition) is 1. The van der Waals surface area contributed by atoms with Crippen molar-refractivity contribution in [3.05, 3.63) is 0 Å². The molecule has 1 amide bonds. The lowest BCUT2D eigenvalue weighted by atomic mass is 9.75. The fourth-order valence-electron chi connectivity index (χ4n) is 1.25. The van der Waals surface area contributed by atoms with Crippen molar-refractivity contribution < 1.29 is 4.79 Å². The van der Waals surface area contributed by atoms with E-state index in [1.165, 1.54) is 0 Å². The number of rotatable bonds is 0. The molecule has 1 aliphatic heterocycles. The quantitative estimate of drug-likeness (QED) is 0.558. The molecular formula is C8H12N2O. The predicted octanol–water partition coefficient (Wildman–Crippen LogP) is 0.815. The number of nitriles is 1. The van der Waals surface area contributed by atoms with Crippen LogP contribution < -0.4 is 5.32 Å². The maximum atomic E-state index is 11.0. The van der Waals surface area contributed by atoms with Gasteiger partial charge >= 0.3 is 0 Å². The summed E-state index contributed by atoms with van der Waals surface area (Å²) in [7, 11) is 0. The van der Waals surface area contributed by atoms with E-state index >= 15 is 0 Å². The van der Waals surface area contributed by atoms with Crippen molar-refractivity contribution in [1.29, 1.82) is 5.26 Å². The molecule has 1 heterocycles. The fraction of sp³-hybridized carbons (Fsp3) is 0.750. The summed E-state index contributed by atoms with van der Waals surface area (Å²) < 4.78 is 0. The topological polar surface area (TPSA) is 52.9 Å². The van der Waals surface area contributed by atoms with Crippen molar-refractivity contribution in [2.75, 3.05) is 0 Å². The summed E-state index contributed by atoms with van der Waals surface area (Å²) >= 11 is 0. The second-order valence-electron chi connectivity index (χ2n) is 3.85. The standard InChI is InChI=1S/C8H12N2O/c1-7(2)4-6(11)10-8(7,3)5-9/h4H2,1-3H3,(H,10,11)/t8-/m1/s1. The van der Waals surface area contributed by atoms with E-state index in [0.717, 1.165) is 0 Å². The monoisotopic (exact) mass is 152 g/mol. The highest BCUT2D eigenvalue weighted by molar-refractivity contribution is 5.81. The zero-order valence-electron chi connectivity index (χ0n) is 7.06. The Hall–Kier alpha value is -1.04. The zero-order chi connectivity index (χ0) is 8.70. The van der Waals surface area contributed by atoms with Crippen LogP contribution in [0.2, 0.25) is 0 Å². The Morgan fingerprint density at radius 3 is 2.27 bits per heavy atom. The zero-order valence-corrected chi connectivity index (χ0v) is 7.06. The molecule has 1 saturated heterocycles. The van der Waals surface area contributed by atoms with Gasteiger partial charge < -0.3 is 5.32 Å². The molecule has 0 unspecified atom stereocenters. The molecule has 0 aromatic carbocycles. The van der Waals surface area contributed by atoms with Crippen molar-refractivity contribution in [2.45, 2.75) is 32.7 Å². The molecule has 60 valence electrons. The maximum absolute atomic E-state index is 11.0. The molecule has 0 aromatic rings. The van der Waals surface area contributed by atoms with Gasteiger partial charge in [0.05, 0.1) is 6.07 Å². The van der Waals surface area contributed by atoms with Crippen molar-refractivity contribution in [2.24, 2.45) is 5.41 Å².